The quantitative estimate of drug-likeness (QED) is 0.550. The summed E-state index contributed by atoms with van der Waals surface area (Å²) in [6.07, 6.45) is 3.22. The van der Waals surface area contributed by atoms with Gasteiger partial charge in [0.15, 0.2) is 0 Å². The van der Waals surface area contributed by atoms with E-state index in [1.54, 1.807) is 18.9 Å². The van der Waals surface area contributed by atoms with Crippen LogP contribution < -0.4 is 0 Å². The molecule has 0 spiro atoms. The molecule has 1 aliphatic heterocycles. The highest BCUT2D eigenvalue weighted by Crippen LogP contribution is 2.45. The van der Waals surface area contributed by atoms with Crippen LogP contribution in [0.3, 0.4) is 0 Å². The number of rotatable bonds is 0. The minimum absolute atomic E-state index is 0.542. The second-order valence-electron chi connectivity index (χ2n) is 2.73. The normalized spacial score (nSPS) is 33.6. The summed E-state index contributed by atoms with van der Waals surface area (Å²) < 4.78 is 5.07. The van der Waals surface area contributed by atoms with E-state index in [9.17, 15) is 0 Å². The lowest BCUT2D eigenvalue weighted by Crippen LogP contribution is -2.12. The Morgan fingerprint density at radius 2 is 2.27 bits per heavy atom. The largest absolute Gasteiger partial charge is 0.483 e. The van der Waals surface area contributed by atoms with Crippen molar-refractivity contribution in [3.63, 3.8) is 0 Å². The van der Waals surface area contributed by atoms with Gasteiger partial charge in [-0.2, -0.15) is 0 Å². The molecule has 1 heterocycles. The summed E-state index contributed by atoms with van der Waals surface area (Å²) in [5.41, 5.74) is 0. The maximum absolute atomic E-state index is 5.07. The molecule has 1 fully saturated rings. The van der Waals surface area contributed by atoms with Crippen LogP contribution in [-0.4, -0.2) is 24.3 Å². The summed E-state index contributed by atoms with van der Waals surface area (Å²) in [4.78, 5) is 0. The molecule has 2 atom stereocenters. The van der Waals surface area contributed by atoms with Gasteiger partial charge < -0.3 is 4.74 Å². The van der Waals surface area contributed by atoms with E-state index in [-0.39, 0.29) is 0 Å². The van der Waals surface area contributed by atoms with Crippen molar-refractivity contribution < 1.29 is 4.74 Å². The Hall–Kier alpha value is -0.510. The maximum Gasteiger partial charge on any atom is 0.212 e. The molecule has 3 nitrogen and oxygen atoms in total. The molecule has 0 aromatic carbocycles. The van der Waals surface area contributed by atoms with E-state index in [0.717, 1.165) is 10.9 Å². The van der Waals surface area contributed by atoms with Gasteiger partial charge in [-0.25, -0.2) is 0 Å². The zero-order chi connectivity index (χ0) is 7.84. The minimum Gasteiger partial charge on any atom is -0.483 e. The topological polar surface area (TPSA) is 34.0 Å². The Morgan fingerprint density at radius 1 is 1.45 bits per heavy atom. The molecule has 0 saturated heterocycles. The van der Waals surface area contributed by atoms with Crippen molar-refractivity contribution in [2.24, 2.45) is 22.0 Å². The van der Waals surface area contributed by atoms with Gasteiger partial charge in [0.25, 0.3) is 0 Å². The van der Waals surface area contributed by atoms with Gasteiger partial charge in [-0.05, 0) is 12.7 Å². The van der Waals surface area contributed by atoms with E-state index in [0.29, 0.717) is 11.8 Å². The molecule has 4 heteroatoms. The molecule has 1 aliphatic carbocycles. The van der Waals surface area contributed by atoms with Crippen molar-refractivity contribution in [3.8, 4) is 0 Å². The van der Waals surface area contributed by atoms with Crippen LogP contribution >= 0.6 is 11.8 Å². The molecular weight excluding hydrogens is 160 g/mol. The zero-order valence-corrected chi connectivity index (χ0v) is 7.39. The zero-order valence-electron chi connectivity index (χ0n) is 6.57. The van der Waals surface area contributed by atoms with Crippen molar-refractivity contribution in [2.45, 2.75) is 6.42 Å². The summed E-state index contributed by atoms with van der Waals surface area (Å²) in [7, 11) is 1.66. The Balaban J connectivity index is 2.19. The Kier molecular flexibility index (Phi) is 1.64. The smallest absolute Gasteiger partial charge is 0.212 e. The SMILES string of the molecule is COC1=NN=C(SC)C2CC12. The molecule has 0 aromatic heterocycles. The number of hydrogen-bond acceptors (Lipinski definition) is 4. The molecule has 2 rings (SSSR count). The average molecular weight is 170 g/mol. The first-order chi connectivity index (χ1) is 5.36. The molecule has 2 aliphatic rings. The molecule has 0 aromatic rings. The molecule has 11 heavy (non-hydrogen) atoms. The Bertz CT molecular complexity index is 213. The van der Waals surface area contributed by atoms with Crippen molar-refractivity contribution in [2.75, 3.05) is 13.4 Å². The van der Waals surface area contributed by atoms with Crippen molar-refractivity contribution in [1.82, 2.24) is 0 Å². The van der Waals surface area contributed by atoms with Crippen LogP contribution in [0.1, 0.15) is 6.42 Å². The minimum atomic E-state index is 0.542. The molecule has 2 unspecified atom stereocenters. The van der Waals surface area contributed by atoms with Crippen LogP contribution in [0.25, 0.3) is 0 Å². The van der Waals surface area contributed by atoms with Gasteiger partial charge in [-0.15, -0.1) is 22.0 Å². The van der Waals surface area contributed by atoms with Gasteiger partial charge in [0.1, 0.15) is 0 Å². The lowest BCUT2D eigenvalue weighted by atomic mass is 10.3. The van der Waals surface area contributed by atoms with Gasteiger partial charge >= 0.3 is 0 Å². The fraction of sp³-hybridized carbons (Fsp3) is 0.714. The molecule has 60 valence electrons. The summed E-state index contributed by atoms with van der Waals surface area (Å²) in [5.74, 6) is 1.98. The second-order valence-corrected chi connectivity index (χ2v) is 3.56. The van der Waals surface area contributed by atoms with Gasteiger partial charge in [0, 0.05) is 11.8 Å². The molecule has 1 saturated carbocycles. The number of hydrogen-bond donors (Lipinski definition) is 0. The van der Waals surface area contributed by atoms with Gasteiger partial charge in [-0.3, -0.25) is 0 Å². The van der Waals surface area contributed by atoms with Crippen molar-refractivity contribution >= 4 is 22.7 Å². The third-order valence-corrected chi connectivity index (χ3v) is 2.89. The number of ether oxygens (including phenoxy) is 1. The standard InChI is InChI=1S/C7H10N2OS/c1-10-6-4-3-5(4)7(11-2)9-8-6/h4-5H,3H2,1-2H3. The molecule has 0 N–H and O–H groups in total. The van der Waals surface area contributed by atoms with Crippen molar-refractivity contribution in [1.29, 1.82) is 0 Å². The van der Waals surface area contributed by atoms with E-state index in [4.69, 9.17) is 4.74 Å². The molecule has 0 amide bonds. The van der Waals surface area contributed by atoms with Gasteiger partial charge in [0.2, 0.25) is 5.90 Å². The van der Waals surface area contributed by atoms with Crippen LogP contribution in [0, 0.1) is 11.8 Å². The Labute approximate surface area is 69.9 Å². The molecule has 0 radical (unpaired) electrons. The van der Waals surface area contributed by atoms with Gasteiger partial charge in [-0.1, -0.05) is 0 Å². The summed E-state index contributed by atoms with van der Waals surface area (Å²) in [6.45, 7) is 0. The van der Waals surface area contributed by atoms with Gasteiger partial charge in [0.05, 0.1) is 12.2 Å². The summed E-state index contributed by atoms with van der Waals surface area (Å²) in [6, 6.07) is 0. The lowest BCUT2D eigenvalue weighted by molar-refractivity contribution is 0.382. The van der Waals surface area contributed by atoms with Crippen molar-refractivity contribution in [3.05, 3.63) is 0 Å². The first kappa shape index (κ1) is 7.16. The predicted octanol–water partition coefficient (Wildman–Crippen LogP) is 1.36. The number of thioether (sulfide) groups is 1. The average Bonchev–Trinajstić information content (AvgIpc) is 2.81. The highest BCUT2D eigenvalue weighted by molar-refractivity contribution is 8.13. The first-order valence-corrected chi connectivity index (χ1v) is 4.82. The van der Waals surface area contributed by atoms with Crippen LogP contribution in [-0.2, 0) is 4.74 Å². The third-order valence-electron chi connectivity index (χ3n) is 2.09. The monoisotopic (exact) mass is 170 g/mol. The fourth-order valence-corrected chi connectivity index (χ4v) is 2.06. The van der Waals surface area contributed by atoms with E-state index in [1.165, 1.54) is 6.42 Å². The second kappa shape index (κ2) is 2.52. The van der Waals surface area contributed by atoms with Crippen LogP contribution in [0.4, 0.5) is 0 Å². The van der Waals surface area contributed by atoms with E-state index < -0.39 is 0 Å². The highest BCUT2D eigenvalue weighted by Gasteiger charge is 2.47. The summed E-state index contributed by atoms with van der Waals surface area (Å²) >= 11 is 1.70. The number of fused-ring (bicyclic) bond motifs is 1. The van der Waals surface area contributed by atoms with Crippen LogP contribution in [0.2, 0.25) is 0 Å². The van der Waals surface area contributed by atoms with Crippen LogP contribution in [0.5, 0.6) is 0 Å². The van der Waals surface area contributed by atoms with E-state index >= 15 is 0 Å². The lowest BCUT2D eigenvalue weighted by Gasteiger charge is -2.07. The summed E-state index contributed by atoms with van der Waals surface area (Å²) in [5, 5.41) is 9.21. The molecular formula is C7H10N2OS. The molecule has 0 bridgehead atoms. The first-order valence-electron chi connectivity index (χ1n) is 3.60. The predicted molar refractivity (Wildman–Crippen MR) is 47.0 cm³/mol. The Morgan fingerprint density at radius 3 is 2.91 bits per heavy atom. The van der Waals surface area contributed by atoms with E-state index in [2.05, 4.69) is 10.2 Å². The van der Waals surface area contributed by atoms with E-state index in [1.807, 2.05) is 6.26 Å². The maximum atomic E-state index is 5.07. The number of methoxy groups -OCH3 is 1. The van der Waals surface area contributed by atoms with Crippen LogP contribution in [0.15, 0.2) is 10.2 Å². The highest BCUT2D eigenvalue weighted by atomic mass is 32.2. The third kappa shape index (κ3) is 1.05. The fourth-order valence-electron chi connectivity index (χ4n) is 1.37. The number of nitrogens with zero attached hydrogens (tertiary/aromatic N) is 2.